The molecule has 5 heterocycles. The van der Waals surface area contributed by atoms with E-state index in [0.717, 1.165) is 106 Å². The van der Waals surface area contributed by atoms with Gasteiger partial charge in [-0.15, -0.1) is 45.3 Å². The molecule has 4 aromatic rings. The van der Waals surface area contributed by atoms with Crippen LogP contribution in [0.5, 0.6) is 17.2 Å². The molecule has 0 bridgehead atoms. The van der Waals surface area contributed by atoms with Crippen molar-refractivity contribution in [3.8, 4) is 46.5 Å². The second kappa shape index (κ2) is 31.8. The third-order valence-corrected chi connectivity index (χ3v) is 19.3. The first-order valence-electron chi connectivity index (χ1n) is 27.8. The van der Waals surface area contributed by atoms with E-state index >= 15 is 0 Å². The zero-order valence-corrected chi connectivity index (χ0v) is 46.7. The summed E-state index contributed by atoms with van der Waals surface area (Å²) in [6.07, 6.45) is 39.2. The zero-order chi connectivity index (χ0) is 48.4. The molecule has 9 heteroatoms. The molecular formula is C59H90O5S4. The van der Waals surface area contributed by atoms with Gasteiger partial charge in [-0.3, -0.25) is 9.59 Å². The van der Waals surface area contributed by atoms with E-state index < -0.39 is 5.60 Å². The van der Waals surface area contributed by atoms with E-state index in [1.807, 2.05) is 23.5 Å². The van der Waals surface area contributed by atoms with Gasteiger partial charge in [0.2, 0.25) is 0 Å². The Morgan fingerprint density at radius 3 is 1.28 bits per heavy atom. The number of fused-ring (bicyclic) bond motifs is 3. The van der Waals surface area contributed by atoms with Crippen LogP contribution in [0.3, 0.4) is 0 Å². The van der Waals surface area contributed by atoms with Crippen molar-refractivity contribution in [1.82, 2.24) is 0 Å². The van der Waals surface area contributed by atoms with Crippen LogP contribution in [0, 0.1) is 11.8 Å². The summed E-state index contributed by atoms with van der Waals surface area (Å²) in [7, 11) is 0. The third kappa shape index (κ3) is 17.1. The van der Waals surface area contributed by atoms with Gasteiger partial charge in [0.25, 0.3) is 0 Å². The summed E-state index contributed by atoms with van der Waals surface area (Å²) >= 11 is 6.72. The van der Waals surface area contributed by atoms with Crippen LogP contribution in [0.4, 0.5) is 0 Å². The summed E-state index contributed by atoms with van der Waals surface area (Å²) in [5, 5.41) is 0. The van der Waals surface area contributed by atoms with E-state index in [0.29, 0.717) is 34.8 Å². The van der Waals surface area contributed by atoms with Crippen molar-refractivity contribution >= 4 is 57.9 Å². The summed E-state index contributed by atoms with van der Waals surface area (Å²) in [6.45, 7) is 14.9. The third-order valence-electron chi connectivity index (χ3n) is 14.5. The molecule has 0 saturated carbocycles. The molecule has 0 N–H and O–H groups in total. The number of thiophene rings is 4. The molecule has 1 aliphatic rings. The Bertz CT molecular complexity index is 1980. The number of ether oxygens (including phenoxy) is 3. The van der Waals surface area contributed by atoms with E-state index in [2.05, 4.69) is 53.7 Å². The minimum Gasteiger partial charge on any atom is -0.492 e. The number of unbranched alkanes of at least 4 members (excludes halogenated alkanes) is 20. The Morgan fingerprint density at radius 1 is 0.471 bits per heavy atom. The fourth-order valence-electron chi connectivity index (χ4n) is 9.96. The van der Waals surface area contributed by atoms with Crippen molar-refractivity contribution < 1.29 is 23.8 Å². The highest BCUT2D eigenvalue weighted by atomic mass is 32.1. The SMILES string of the molecule is CCCCCCCCCCCCC1(CCCCCCCCCCCC)Oc2cc(-c3sc(C=O)cc3OCC(CC)CCCC)sc2-c2sc(-c3sc(C=O)cc3OCC(CC)CCCC)cc21. The van der Waals surface area contributed by atoms with E-state index in [1.165, 1.54) is 163 Å². The fraction of sp³-hybridized carbons (Fsp3) is 0.695. The largest absolute Gasteiger partial charge is 0.492 e. The molecule has 0 saturated heterocycles. The summed E-state index contributed by atoms with van der Waals surface area (Å²) in [5.74, 6) is 3.58. The first kappa shape index (κ1) is 56.5. The van der Waals surface area contributed by atoms with Gasteiger partial charge in [-0.05, 0) is 56.4 Å². The lowest BCUT2D eigenvalue weighted by atomic mass is 9.81. The van der Waals surface area contributed by atoms with Crippen molar-refractivity contribution in [1.29, 1.82) is 0 Å². The second-order valence-corrected chi connectivity index (χ2v) is 24.3. The molecule has 380 valence electrons. The number of hydrogen-bond acceptors (Lipinski definition) is 9. The lowest BCUT2D eigenvalue weighted by Gasteiger charge is -2.38. The summed E-state index contributed by atoms with van der Waals surface area (Å²) < 4.78 is 21.0. The van der Waals surface area contributed by atoms with Crippen LogP contribution in [0.2, 0.25) is 0 Å². The van der Waals surface area contributed by atoms with Crippen molar-refractivity contribution in [2.45, 2.75) is 240 Å². The van der Waals surface area contributed by atoms with Gasteiger partial charge < -0.3 is 14.2 Å². The van der Waals surface area contributed by atoms with Crippen LogP contribution in [0.1, 0.15) is 259 Å². The molecule has 0 amide bonds. The lowest BCUT2D eigenvalue weighted by molar-refractivity contribution is 0.0398. The monoisotopic (exact) mass is 1010 g/mol. The molecule has 4 aromatic heterocycles. The molecule has 0 aliphatic carbocycles. The smallest absolute Gasteiger partial charge is 0.160 e. The van der Waals surface area contributed by atoms with Gasteiger partial charge in [0.05, 0.1) is 47.4 Å². The summed E-state index contributed by atoms with van der Waals surface area (Å²) in [6, 6.07) is 8.62. The number of carbonyl (C=O) groups is 2. The molecule has 0 spiro atoms. The first-order valence-corrected chi connectivity index (χ1v) is 31.1. The molecule has 1 aliphatic heterocycles. The normalized spacial score (nSPS) is 13.8. The Hall–Kier alpha value is -2.46. The maximum absolute atomic E-state index is 12.4. The van der Waals surface area contributed by atoms with Gasteiger partial charge >= 0.3 is 0 Å². The Labute approximate surface area is 430 Å². The van der Waals surface area contributed by atoms with Gasteiger partial charge in [-0.2, -0.15) is 0 Å². The standard InChI is InChI=1S/C59H90O5S4/c1-7-13-17-19-21-23-25-27-29-31-35-59(36-32-30-28-26-24-22-20-18-14-8-2)49-39-53(56-50(37-47(41-60)65-56)62-43-45(11-5)33-15-9-3)67-55(49)58-52(64-59)40-54(68-58)57-51(38-48(42-61)66-57)63-44-46(12-6)34-16-10-4/h37-42,45-46H,7-36,43-44H2,1-6H3. The van der Waals surface area contributed by atoms with Crippen LogP contribution in [0.25, 0.3) is 29.3 Å². The summed E-state index contributed by atoms with van der Waals surface area (Å²) in [5.41, 5.74) is 0.857. The average Bonchev–Trinajstić information content (AvgIpc) is 4.18. The maximum Gasteiger partial charge on any atom is 0.160 e. The Balaban J connectivity index is 1.50. The van der Waals surface area contributed by atoms with Gasteiger partial charge in [-0.1, -0.05) is 196 Å². The van der Waals surface area contributed by atoms with Crippen LogP contribution in [-0.2, 0) is 5.60 Å². The van der Waals surface area contributed by atoms with Gasteiger partial charge in [0.1, 0.15) is 22.8 Å². The van der Waals surface area contributed by atoms with Crippen LogP contribution in [-0.4, -0.2) is 25.8 Å². The zero-order valence-electron chi connectivity index (χ0n) is 43.4. The summed E-state index contributed by atoms with van der Waals surface area (Å²) in [4.78, 5) is 32.9. The highest BCUT2D eigenvalue weighted by Gasteiger charge is 2.43. The van der Waals surface area contributed by atoms with E-state index in [4.69, 9.17) is 14.2 Å². The van der Waals surface area contributed by atoms with Gasteiger partial charge in [0, 0.05) is 28.6 Å². The first-order chi connectivity index (χ1) is 33.4. The van der Waals surface area contributed by atoms with Crippen LogP contribution < -0.4 is 14.2 Å². The maximum atomic E-state index is 12.4. The van der Waals surface area contributed by atoms with Gasteiger partial charge in [-0.25, -0.2) is 0 Å². The Kier molecular flexibility index (Phi) is 26.4. The molecule has 0 aromatic carbocycles. The molecule has 0 radical (unpaired) electrons. The predicted molar refractivity (Wildman–Crippen MR) is 298 cm³/mol. The van der Waals surface area contributed by atoms with E-state index in [-0.39, 0.29) is 0 Å². The number of hydrogen-bond donors (Lipinski definition) is 0. The van der Waals surface area contributed by atoms with E-state index in [9.17, 15) is 9.59 Å². The topological polar surface area (TPSA) is 61.8 Å². The van der Waals surface area contributed by atoms with Crippen molar-refractivity contribution in [3.05, 3.63) is 39.6 Å². The number of carbonyl (C=O) groups excluding carboxylic acids is 2. The molecular weight excluding hydrogens is 917 g/mol. The molecule has 5 rings (SSSR count). The Morgan fingerprint density at radius 2 is 0.868 bits per heavy atom. The van der Waals surface area contributed by atoms with Crippen molar-refractivity contribution in [3.63, 3.8) is 0 Å². The second-order valence-electron chi connectivity index (χ2n) is 20.0. The molecule has 68 heavy (non-hydrogen) atoms. The van der Waals surface area contributed by atoms with Crippen LogP contribution in [0.15, 0.2) is 24.3 Å². The van der Waals surface area contributed by atoms with Crippen molar-refractivity contribution in [2.24, 2.45) is 11.8 Å². The van der Waals surface area contributed by atoms with Crippen molar-refractivity contribution in [2.75, 3.05) is 13.2 Å². The fourth-order valence-corrected chi connectivity index (χ4v) is 14.5. The van der Waals surface area contributed by atoms with Gasteiger partial charge in [0.15, 0.2) is 12.6 Å². The lowest BCUT2D eigenvalue weighted by Crippen LogP contribution is -2.35. The minimum atomic E-state index is -0.453. The quantitative estimate of drug-likeness (QED) is 0.0328. The molecule has 2 atom stereocenters. The molecule has 0 fully saturated rings. The van der Waals surface area contributed by atoms with Crippen LogP contribution >= 0.6 is 45.3 Å². The van der Waals surface area contributed by atoms with E-state index in [1.54, 1.807) is 22.7 Å². The molecule has 5 nitrogen and oxygen atoms in total. The minimum absolute atomic E-state index is 0.453. The number of rotatable bonds is 40. The average molecular weight is 1010 g/mol. The highest BCUT2D eigenvalue weighted by molar-refractivity contribution is 7.29. The highest BCUT2D eigenvalue weighted by Crippen LogP contribution is 2.60. The predicted octanol–water partition coefficient (Wildman–Crippen LogP) is 21.0. The number of aldehydes is 2. The molecule has 2 unspecified atom stereocenters.